The number of likely N-dealkylation sites (N-methyl/N-ethyl adjacent to an activating group) is 1. The van der Waals surface area contributed by atoms with Gasteiger partial charge in [-0.2, -0.15) is 0 Å². The van der Waals surface area contributed by atoms with Crippen molar-refractivity contribution in [3.8, 4) is 5.75 Å². The second kappa shape index (κ2) is 12.3. The highest BCUT2D eigenvalue weighted by Gasteiger charge is 2.32. The van der Waals surface area contributed by atoms with E-state index in [9.17, 15) is 18.0 Å². The Bertz CT molecular complexity index is 1410. The van der Waals surface area contributed by atoms with Gasteiger partial charge >= 0.3 is 0 Å². The molecular formula is C28H32ClN3O5S. The Morgan fingerprint density at radius 3 is 2.29 bits per heavy atom. The predicted molar refractivity (Wildman–Crippen MR) is 149 cm³/mol. The first-order chi connectivity index (χ1) is 18.0. The fourth-order valence-corrected chi connectivity index (χ4v) is 5.43. The monoisotopic (exact) mass is 557 g/mol. The van der Waals surface area contributed by atoms with E-state index in [0.29, 0.717) is 16.5 Å². The molecule has 0 heterocycles. The summed E-state index contributed by atoms with van der Waals surface area (Å²) < 4.78 is 34.0. The largest absolute Gasteiger partial charge is 0.497 e. The van der Waals surface area contributed by atoms with Crippen LogP contribution in [0.4, 0.5) is 5.69 Å². The van der Waals surface area contributed by atoms with Crippen molar-refractivity contribution in [2.45, 2.75) is 38.3 Å². The van der Waals surface area contributed by atoms with Crippen LogP contribution in [0.15, 0.2) is 71.6 Å². The first kappa shape index (κ1) is 29.0. The number of nitrogens with one attached hydrogen (secondary N) is 1. The van der Waals surface area contributed by atoms with Gasteiger partial charge in [0.15, 0.2) is 0 Å². The Balaban J connectivity index is 2.06. The zero-order valence-electron chi connectivity index (χ0n) is 22.1. The van der Waals surface area contributed by atoms with Crippen molar-refractivity contribution in [2.24, 2.45) is 0 Å². The number of carbonyl (C=O) groups excluding carboxylic acids is 2. The van der Waals surface area contributed by atoms with Gasteiger partial charge in [0.25, 0.3) is 10.0 Å². The van der Waals surface area contributed by atoms with Crippen molar-refractivity contribution in [1.82, 2.24) is 10.2 Å². The number of halogens is 1. The first-order valence-electron chi connectivity index (χ1n) is 12.0. The molecule has 0 radical (unpaired) electrons. The molecule has 3 rings (SSSR count). The average molecular weight is 558 g/mol. The summed E-state index contributed by atoms with van der Waals surface area (Å²) in [5.74, 6) is -0.316. The van der Waals surface area contributed by atoms with E-state index in [2.05, 4.69) is 5.32 Å². The summed E-state index contributed by atoms with van der Waals surface area (Å²) in [6.07, 6.45) is 0. The number of anilines is 1. The number of benzene rings is 3. The Kier molecular flexibility index (Phi) is 9.40. The lowest BCUT2D eigenvalue weighted by atomic mass is 10.1. The number of amides is 2. The van der Waals surface area contributed by atoms with Crippen LogP contribution in [0.2, 0.25) is 5.02 Å². The molecule has 10 heteroatoms. The van der Waals surface area contributed by atoms with Gasteiger partial charge in [-0.1, -0.05) is 29.8 Å². The Morgan fingerprint density at radius 2 is 1.68 bits per heavy atom. The topological polar surface area (TPSA) is 96.0 Å². The van der Waals surface area contributed by atoms with Crippen LogP contribution in [0.1, 0.15) is 23.6 Å². The van der Waals surface area contributed by atoms with Crippen LogP contribution in [0.5, 0.6) is 5.75 Å². The van der Waals surface area contributed by atoms with E-state index in [0.717, 1.165) is 21.0 Å². The average Bonchev–Trinajstić information content (AvgIpc) is 2.91. The maximum atomic E-state index is 13.8. The number of carbonyl (C=O) groups is 2. The lowest BCUT2D eigenvalue weighted by Gasteiger charge is -2.32. The number of methoxy groups -OCH3 is 1. The number of hydrogen-bond acceptors (Lipinski definition) is 5. The van der Waals surface area contributed by atoms with Crippen LogP contribution in [-0.2, 0) is 26.2 Å². The minimum Gasteiger partial charge on any atom is -0.497 e. The van der Waals surface area contributed by atoms with E-state index >= 15 is 0 Å². The summed E-state index contributed by atoms with van der Waals surface area (Å²) in [5.41, 5.74) is 2.92. The molecule has 0 fully saturated rings. The quantitative estimate of drug-likeness (QED) is 0.400. The van der Waals surface area contributed by atoms with E-state index in [4.69, 9.17) is 16.3 Å². The summed E-state index contributed by atoms with van der Waals surface area (Å²) in [4.78, 5) is 27.8. The minimum absolute atomic E-state index is 0.00776. The number of sulfonamides is 1. The van der Waals surface area contributed by atoms with Gasteiger partial charge in [-0.25, -0.2) is 8.42 Å². The zero-order chi connectivity index (χ0) is 28.0. The smallest absolute Gasteiger partial charge is 0.264 e. The number of aryl methyl sites for hydroxylation is 2. The first-order valence-corrected chi connectivity index (χ1v) is 13.8. The van der Waals surface area contributed by atoms with E-state index in [1.165, 1.54) is 43.3 Å². The van der Waals surface area contributed by atoms with E-state index < -0.39 is 28.5 Å². The third kappa shape index (κ3) is 6.65. The molecular weight excluding hydrogens is 526 g/mol. The Labute approximate surface area is 229 Å². The second-order valence-electron chi connectivity index (χ2n) is 8.90. The maximum absolute atomic E-state index is 13.8. The molecule has 0 aromatic heterocycles. The van der Waals surface area contributed by atoms with Crippen LogP contribution < -0.4 is 14.4 Å². The summed E-state index contributed by atoms with van der Waals surface area (Å²) in [6, 6.07) is 17.2. The third-order valence-corrected chi connectivity index (χ3v) is 8.40. The molecule has 38 heavy (non-hydrogen) atoms. The van der Waals surface area contributed by atoms with Gasteiger partial charge in [-0.15, -0.1) is 0 Å². The van der Waals surface area contributed by atoms with E-state index in [1.54, 1.807) is 43.3 Å². The molecule has 0 aliphatic carbocycles. The van der Waals surface area contributed by atoms with E-state index in [-0.39, 0.29) is 17.3 Å². The molecule has 0 spiro atoms. The number of ether oxygens (including phenoxy) is 1. The molecule has 3 aromatic rings. The fourth-order valence-electron chi connectivity index (χ4n) is 3.90. The van der Waals surface area contributed by atoms with Crippen molar-refractivity contribution in [3.05, 3.63) is 88.4 Å². The third-order valence-electron chi connectivity index (χ3n) is 6.36. The highest BCUT2D eigenvalue weighted by molar-refractivity contribution is 7.92. The summed E-state index contributed by atoms with van der Waals surface area (Å²) in [5, 5.41) is 2.96. The van der Waals surface area contributed by atoms with Crippen LogP contribution in [0, 0.1) is 13.8 Å². The lowest BCUT2D eigenvalue weighted by molar-refractivity contribution is -0.139. The number of nitrogens with zero attached hydrogens (tertiary/aromatic N) is 2. The Morgan fingerprint density at radius 1 is 1.00 bits per heavy atom. The summed E-state index contributed by atoms with van der Waals surface area (Å²) in [7, 11) is -1.13. The second-order valence-corrected chi connectivity index (χ2v) is 11.2. The van der Waals surface area contributed by atoms with E-state index in [1.807, 2.05) is 19.9 Å². The van der Waals surface area contributed by atoms with Gasteiger partial charge in [0.2, 0.25) is 11.8 Å². The molecule has 0 saturated carbocycles. The molecule has 0 aliphatic rings. The standard InChI is InChI=1S/C28H32ClN3O5S/c1-19-9-12-24(15-20(19)2)32(38(35,36)26-13-10-23(29)11-14-26)18-27(33)31(21(3)28(34)30-4)17-22-7-6-8-25(16-22)37-5/h6-16,21H,17-18H2,1-5H3,(H,30,34). The van der Waals surface area contributed by atoms with Crippen LogP contribution >= 0.6 is 11.6 Å². The highest BCUT2D eigenvalue weighted by atomic mass is 35.5. The molecule has 1 N–H and O–H groups in total. The highest BCUT2D eigenvalue weighted by Crippen LogP contribution is 2.27. The SMILES string of the molecule is CNC(=O)C(C)N(Cc1cccc(OC)c1)C(=O)CN(c1ccc(C)c(C)c1)S(=O)(=O)c1ccc(Cl)cc1. The molecule has 2 amide bonds. The zero-order valence-corrected chi connectivity index (χ0v) is 23.6. The van der Waals surface area contributed by atoms with Crippen LogP contribution in [-0.4, -0.2) is 51.9 Å². The molecule has 8 nitrogen and oxygen atoms in total. The van der Waals surface area contributed by atoms with Crippen molar-refractivity contribution in [1.29, 1.82) is 0 Å². The van der Waals surface area contributed by atoms with Crippen molar-refractivity contribution < 1.29 is 22.7 Å². The number of rotatable bonds is 10. The molecule has 3 aromatic carbocycles. The Hall–Kier alpha value is -3.56. The predicted octanol–water partition coefficient (Wildman–Crippen LogP) is 4.32. The molecule has 0 saturated heterocycles. The van der Waals surface area contributed by atoms with Gasteiger partial charge in [-0.3, -0.25) is 13.9 Å². The van der Waals surface area contributed by atoms with Gasteiger partial charge in [0.05, 0.1) is 17.7 Å². The lowest BCUT2D eigenvalue weighted by Crippen LogP contribution is -2.50. The van der Waals surface area contributed by atoms with Crippen molar-refractivity contribution >= 4 is 39.1 Å². The van der Waals surface area contributed by atoms with Crippen molar-refractivity contribution in [3.63, 3.8) is 0 Å². The minimum atomic E-state index is -4.16. The summed E-state index contributed by atoms with van der Waals surface area (Å²) in [6.45, 7) is 4.95. The van der Waals surface area contributed by atoms with Gasteiger partial charge < -0.3 is 15.0 Å². The molecule has 1 atom stereocenters. The molecule has 0 aliphatic heterocycles. The van der Waals surface area contributed by atoms with Crippen LogP contribution in [0.25, 0.3) is 0 Å². The maximum Gasteiger partial charge on any atom is 0.264 e. The molecule has 202 valence electrons. The van der Waals surface area contributed by atoms with Gasteiger partial charge in [-0.05, 0) is 86.0 Å². The fraction of sp³-hybridized carbons (Fsp3) is 0.286. The number of hydrogen-bond donors (Lipinski definition) is 1. The summed E-state index contributed by atoms with van der Waals surface area (Å²) >= 11 is 5.98. The normalized spacial score (nSPS) is 11.9. The van der Waals surface area contributed by atoms with Gasteiger partial charge in [0, 0.05) is 18.6 Å². The van der Waals surface area contributed by atoms with Gasteiger partial charge in [0.1, 0.15) is 18.3 Å². The van der Waals surface area contributed by atoms with Crippen molar-refractivity contribution in [2.75, 3.05) is 25.0 Å². The molecule has 0 bridgehead atoms. The van der Waals surface area contributed by atoms with Crippen LogP contribution in [0.3, 0.4) is 0 Å². The molecule has 1 unspecified atom stereocenters.